The molecule has 3 heteroatoms. The fourth-order valence-electron chi connectivity index (χ4n) is 2.89. The van der Waals surface area contributed by atoms with Crippen molar-refractivity contribution in [3.63, 3.8) is 0 Å². The maximum absolute atomic E-state index is 6.45. The molecule has 21 heavy (non-hydrogen) atoms. The largest absolute Gasteiger partial charge is 0.369 e. The van der Waals surface area contributed by atoms with Crippen molar-refractivity contribution < 1.29 is 4.74 Å². The van der Waals surface area contributed by atoms with E-state index in [1.807, 2.05) is 0 Å². The van der Waals surface area contributed by atoms with Crippen LogP contribution in [-0.4, -0.2) is 18.7 Å². The van der Waals surface area contributed by atoms with Crippen LogP contribution in [0.3, 0.4) is 0 Å². The van der Waals surface area contributed by atoms with Crippen LogP contribution in [0.4, 0.5) is 0 Å². The van der Waals surface area contributed by atoms with E-state index in [4.69, 9.17) is 4.74 Å². The Labute approximate surface area is 137 Å². The van der Waals surface area contributed by atoms with Crippen LogP contribution < -0.4 is 5.32 Å². The molecule has 1 saturated carbocycles. The average molecular weight is 354 g/mol. The van der Waals surface area contributed by atoms with Crippen LogP contribution in [-0.2, 0) is 4.74 Å². The molecule has 118 valence electrons. The normalized spacial score (nSPS) is 24.2. The second kappa shape index (κ2) is 8.30. The van der Waals surface area contributed by atoms with Gasteiger partial charge in [-0.15, -0.1) is 0 Å². The number of rotatable bonds is 6. The summed E-state index contributed by atoms with van der Waals surface area (Å²) in [6, 6.07) is 8.99. The van der Waals surface area contributed by atoms with Crippen LogP contribution in [0, 0.1) is 5.92 Å². The van der Waals surface area contributed by atoms with Crippen molar-refractivity contribution in [1.29, 1.82) is 0 Å². The Hall–Kier alpha value is -0.380. The summed E-state index contributed by atoms with van der Waals surface area (Å²) in [5.74, 6) is 0.864. The zero-order chi connectivity index (χ0) is 15.2. The number of hydrogen-bond donors (Lipinski definition) is 1. The Morgan fingerprint density at radius 2 is 1.95 bits per heavy atom. The summed E-state index contributed by atoms with van der Waals surface area (Å²) < 4.78 is 7.57. The third-order valence-corrected chi connectivity index (χ3v) is 4.74. The van der Waals surface area contributed by atoms with Gasteiger partial charge >= 0.3 is 0 Å². The van der Waals surface area contributed by atoms with Gasteiger partial charge in [0.25, 0.3) is 0 Å². The molecule has 1 fully saturated rings. The van der Waals surface area contributed by atoms with Crippen LogP contribution in [0.15, 0.2) is 28.7 Å². The molecule has 0 aliphatic heterocycles. The van der Waals surface area contributed by atoms with E-state index in [-0.39, 0.29) is 6.10 Å². The molecule has 0 bridgehead atoms. The van der Waals surface area contributed by atoms with Gasteiger partial charge in [0, 0.05) is 17.1 Å². The van der Waals surface area contributed by atoms with Crippen molar-refractivity contribution >= 4 is 15.9 Å². The monoisotopic (exact) mass is 353 g/mol. The van der Waals surface area contributed by atoms with Gasteiger partial charge in [0.15, 0.2) is 0 Å². The van der Waals surface area contributed by atoms with Crippen molar-refractivity contribution in [3.8, 4) is 0 Å². The summed E-state index contributed by atoms with van der Waals surface area (Å²) in [5.41, 5.74) is 1.26. The lowest BCUT2D eigenvalue weighted by atomic mass is 9.89. The van der Waals surface area contributed by atoms with E-state index >= 15 is 0 Å². The first kappa shape index (κ1) is 17.0. The van der Waals surface area contributed by atoms with Gasteiger partial charge < -0.3 is 10.1 Å². The molecule has 1 N–H and O–H groups in total. The molecule has 1 unspecified atom stereocenters. The fourth-order valence-corrected chi connectivity index (χ4v) is 3.31. The number of halogens is 1. The predicted octanol–water partition coefficient (Wildman–Crippen LogP) is 5.08. The van der Waals surface area contributed by atoms with Gasteiger partial charge in [-0.3, -0.25) is 0 Å². The van der Waals surface area contributed by atoms with Gasteiger partial charge in [0.2, 0.25) is 0 Å². The van der Waals surface area contributed by atoms with Crippen LogP contribution in [0.1, 0.15) is 58.1 Å². The molecule has 1 aliphatic carbocycles. The minimum Gasteiger partial charge on any atom is -0.369 e. The molecule has 0 radical (unpaired) electrons. The van der Waals surface area contributed by atoms with E-state index < -0.39 is 0 Å². The van der Waals surface area contributed by atoms with Crippen LogP contribution in [0.25, 0.3) is 0 Å². The van der Waals surface area contributed by atoms with Crippen molar-refractivity contribution in [2.45, 2.75) is 64.7 Å². The van der Waals surface area contributed by atoms with E-state index in [2.05, 4.69) is 66.3 Å². The lowest BCUT2D eigenvalue weighted by molar-refractivity contribution is -0.0369. The number of benzene rings is 1. The third-order valence-electron chi connectivity index (χ3n) is 4.25. The molecule has 0 saturated heterocycles. The molecule has 1 aliphatic rings. The molecule has 0 amide bonds. The average Bonchev–Trinajstić information content (AvgIpc) is 2.45. The minimum atomic E-state index is 0.142. The first-order chi connectivity index (χ1) is 10.0. The molecule has 0 spiro atoms. The summed E-state index contributed by atoms with van der Waals surface area (Å²) in [6.07, 6.45) is 5.56. The second-order valence-electron chi connectivity index (χ2n) is 6.62. The summed E-state index contributed by atoms with van der Waals surface area (Å²) in [7, 11) is 0. The van der Waals surface area contributed by atoms with E-state index in [9.17, 15) is 0 Å². The van der Waals surface area contributed by atoms with Crippen molar-refractivity contribution in [2.75, 3.05) is 6.54 Å². The number of hydrogen-bond acceptors (Lipinski definition) is 2. The Bertz CT molecular complexity index is 427. The molecule has 0 heterocycles. The van der Waals surface area contributed by atoms with E-state index in [1.54, 1.807) is 0 Å². The Morgan fingerprint density at radius 1 is 1.24 bits per heavy atom. The van der Waals surface area contributed by atoms with Crippen LogP contribution >= 0.6 is 15.9 Å². The maximum atomic E-state index is 6.45. The molecular weight excluding hydrogens is 326 g/mol. The van der Waals surface area contributed by atoms with Gasteiger partial charge in [-0.25, -0.2) is 0 Å². The molecule has 1 atom stereocenters. The molecule has 0 aromatic heterocycles. The van der Waals surface area contributed by atoms with Gasteiger partial charge in [-0.2, -0.15) is 0 Å². The highest BCUT2D eigenvalue weighted by Crippen LogP contribution is 2.30. The quantitative estimate of drug-likeness (QED) is 0.769. The highest BCUT2D eigenvalue weighted by molar-refractivity contribution is 9.10. The SMILES string of the molecule is CC1CCC(OC(CNC(C)C)c2cccc(Br)c2)CC1. The van der Waals surface area contributed by atoms with Gasteiger partial charge in [0.1, 0.15) is 0 Å². The smallest absolute Gasteiger partial charge is 0.0953 e. The highest BCUT2D eigenvalue weighted by atomic mass is 79.9. The molecule has 1 aromatic carbocycles. The number of nitrogens with one attached hydrogen (secondary N) is 1. The molecule has 2 rings (SSSR count). The molecule has 1 aromatic rings. The summed E-state index contributed by atoms with van der Waals surface area (Å²) >= 11 is 3.57. The summed E-state index contributed by atoms with van der Waals surface area (Å²) in [6.45, 7) is 7.59. The van der Waals surface area contributed by atoms with E-state index in [0.717, 1.165) is 16.9 Å². The van der Waals surface area contributed by atoms with Crippen LogP contribution in [0.5, 0.6) is 0 Å². The molecule has 2 nitrogen and oxygen atoms in total. The van der Waals surface area contributed by atoms with Crippen molar-refractivity contribution in [2.24, 2.45) is 5.92 Å². The van der Waals surface area contributed by atoms with Gasteiger partial charge in [-0.1, -0.05) is 48.8 Å². The summed E-state index contributed by atoms with van der Waals surface area (Å²) in [4.78, 5) is 0. The predicted molar refractivity (Wildman–Crippen MR) is 92.5 cm³/mol. The highest BCUT2D eigenvalue weighted by Gasteiger charge is 2.23. The van der Waals surface area contributed by atoms with E-state index in [1.165, 1.54) is 31.2 Å². The Morgan fingerprint density at radius 3 is 2.57 bits per heavy atom. The zero-order valence-corrected chi connectivity index (χ0v) is 15.0. The van der Waals surface area contributed by atoms with E-state index in [0.29, 0.717) is 12.1 Å². The standard InChI is InChI=1S/C18H28BrNO/c1-13(2)20-12-18(15-5-4-6-16(19)11-15)21-17-9-7-14(3)8-10-17/h4-6,11,13-14,17-18,20H,7-10,12H2,1-3H3. The van der Waals surface area contributed by atoms with Gasteiger partial charge in [0.05, 0.1) is 12.2 Å². The minimum absolute atomic E-state index is 0.142. The lowest BCUT2D eigenvalue weighted by Crippen LogP contribution is -2.32. The van der Waals surface area contributed by atoms with Crippen molar-refractivity contribution in [3.05, 3.63) is 34.3 Å². The third kappa shape index (κ3) is 5.72. The second-order valence-corrected chi connectivity index (χ2v) is 7.54. The first-order valence-corrected chi connectivity index (χ1v) is 8.98. The number of ether oxygens (including phenoxy) is 1. The Balaban J connectivity index is 2.01. The first-order valence-electron chi connectivity index (χ1n) is 8.19. The topological polar surface area (TPSA) is 21.3 Å². The fraction of sp³-hybridized carbons (Fsp3) is 0.667. The van der Waals surface area contributed by atoms with Crippen LogP contribution in [0.2, 0.25) is 0 Å². The maximum Gasteiger partial charge on any atom is 0.0953 e. The Kier molecular flexibility index (Phi) is 6.72. The lowest BCUT2D eigenvalue weighted by Gasteiger charge is -2.31. The van der Waals surface area contributed by atoms with Gasteiger partial charge in [-0.05, 0) is 49.3 Å². The zero-order valence-electron chi connectivity index (χ0n) is 13.4. The summed E-state index contributed by atoms with van der Waals surface area (Å²) in [5, 5.41) is 3.52. The van der Waals surface area contributed by atoms with Crippen molar-refractivity contribution in [1.82, 2.24) is 5.32 Å². The molecular formula is C18H28BrNO.